The number of anilines is 2. The maximum atomic E-state index is 14.3. The summed E-state index contributed by atoms with van der Waals surface area (Å²) in [4.78, 5) is 38.6. The lowest BCUT2D eigenvalue weighted by atomic mass is 9.83. The molecule has 1 aliphatic rings. The number of thiophene rings is 1. The van der Waals surface area contributed by atoms with Gasteiger partial charge in [-0.05, 0) is 85.9 Å². The number of amides is 1. The number of fused-ring (bicyclic) bond motifs is 3. The summed E-state index contributed by atoms with van der Waals surface area (Å²) < 4.78 is 7.29. The molecule has 47 heavy (non-hydrogen) atoms. The van der Waals surface area contributed by atoms with Crippen molar-refractivity contribution in [1.29, 1.82) is 0 Å². The summed E-state index contributed by atoms with van der Waals surface area (Å²) in [5.41, 5.74) is 14.0. The van der Waals surface area contributed by atoms with Crippen molar-refractivity contribution >= 4 is 56.2 Å². The molecule has 0 saturated carbocycles. The minimum atomic E-state index is -0.445. The van der Waals surface area contributed by atoms with Gasteiger partial charge in [-0.1, -0.05) is 67.9 Å². The second kappa shape index (κ2) is 13.0. The summed E-state index contributed by atoms with van der Waals surface area (Å²) >= 11 is 1.45. The first-order valence-corrected chi connectivity index (χ1v) is 17.1. The van der Waals surface area contributed by atoms with Gasteiger partial charge < -0.3 is 15.8 Å². The number of nitrogens with two attached hydrogens (primary N) is 1. The van der Waals surface area contributed by atoms with Gasteiger partial charge in [0.2, 0.25) is 0 Å². The van der Waals surface area contributed by atoms with E-state index in [1.54, 1.807) is 11.5 Å². The molecule has 1 atom stereocenters. The number of nitrogen functional groups attached to an aromatic ring is 1. The average molecular weight is 644 g/mol. The van der Waals surface area contributed by atoms with Crippen LogP contribution in [0.5, 0.6) is 0 Å². The van der Waals surface area contributed by atoms with Gasteiger partial charge in [-0.15, -0.1) is 11.3 Å². The van der Waals surface area contributed by atoms with Crippen LogP contribution in [-0.4, -0.2) is 33.0 Å². The van der Waals surface area contributed by atoms with Crippen LogP contribution in [-0.2, 0) is 24.0 Å². The largest absolute Gasteiger partial charge is 0.462 e. The number of unbranched alkanes of at least 4 members (excludes halogenated alkanes) is 1. The second-order valence-electron chi connectivity index (χ2n) is 12.0. The third kappa shape index (κ3) is 5.76. The number of aryl methyl sites for hydroxylation is 1. The van der Waals surface area contributed by atoms with E-state index in [0.717, 1.165) is 54.7 Å². The first kappa shape index (κ1) is 30.6. The van der Waals surface area contributed by atoms with Crippen LogP contribution in [0.4, 0.5) is 10.8 Å². The summed E-state index contributed by atoms with van der Waals surface area (Å²) in [6, 6.07) is 26.2. The van der Waals surface area contributed by atoms with Crippen LogP contribution in [0.15, 0.2) is 78.9 Å². The number of aromatic nitrogens is 3. The van der Waals surface area contributed by atoms with E-state index in [-0.39, 0.29) is 18.0 Å². The van der Waals surface area contributed by atoms with Gasteiger partial charge in [0.15, 0.2) is 5.65 Å². The van der Waals surface area contributed by atoms with E-state index >= 15 is 0 Å². The number of carbonyl (C=O) groups excluding carboxylic acids is 2. The third-order valence-corrected chi connectivity index (χ3v) is 10.2. The van der Waals surface area contributed by atoms with Crippen LogP contribution in [0, 0.1) is 0 Å². The monoisotopic (exact) mass is 643 g/mol. The average Bonchev–Trinajstić information content (AvgIpc) is 3.59. The first-order chi connectivity index (χ1) is 23.0. The van der Waals surface area contributed by atoms with Crippen molar-refractivity contribution in [3.63, 3.8) is 0 Å². The second-order valence-corrected chi connectivity index (χ2v) is 13.1. The Morgan fingerprint density at radius 2 is 1.68 bits per heavy atom. The summed E-state index contributed by atoms with van der Waals surface area (Å²) in [6.07, 6.45) is 5.66. The quantitative estimate of drug-likeness (QED) is 0.153. The van der Waals surface area contributed by atoms with Gasteiger partial charge in [-0.2, -0.15) is 0 Å². The van der Waals surface area contributed by atoms with Crippen molar-refractivity contribution in [2.24, 2.45) is 0 Å². The third-order valence-electron chi connectivity index (χ3n) is 8.98. The standard InChI is InChI=1S/C38H37N5O3S/c1-3-5-11-23-16-19-26(20-17-23)43-34(39)32(33-35(43)41-29-15-10-9-14-28(29)40-33)36(44)42-37-31(38(45)46-4-2)27-21-18-25(22-30(27)47-37)24-12-7-6-8-13-24/h6-10,12-17,19-20,25H,3-5,11,18,21-22,39H2,1-2H3,(H,42,44). The predicted molar refractivity (Wildman–Crippen MR) is 189 cm³/mol. The van der Waals surface area contributed by atoms with Gasteiger partial charge in [0.05, 0.1) is 23.2 Å². The van der Waals surface area contributed by atoms with Crippen molar-refractivity contribution < 1.29 is 14.3 Å². The van der Waals surface area contributed by atoms with Gasteiger partial charge in [-0.25, -0.2) is 14.8 Å². The minimum absolute atomic E-state index is 0.219. The molecule has 0 radical (unpaired) electrons. The molecule has 238 valence electrons. The highest BCUT2D eigenvalue weighted by Gasteiger charge is 2.32. The Labute approximate surface area is 277 Å². The number of hydrogen-bond acceptors (Lipinski definition) is 7. The molecule has 0 fully saturated rings. The lowest BCUT2D eigenvalue weighted by Crippen LogP contribution is -2.18. The molecule has 3 heterocycles. The molecule has 3 aromatic heterocycles. The molecule has 7 rings (SSSR count). The van der Waals surface area contributed by atoms with Gasteiger partial charge in [0.1, 0.15) is 21.9 Å². The molecule has 1 aliphatic carbocycles. The van der Waals surface area contributed by atoms with Crippen molar-refractivity contribution in [3.8, 4) is 5.69 Å². The highest BCUT2D eigenvalue weighted by atomic mass is 32.1. The maximum absolute atomic E-state index is 14.3. The Bertz CT molecular complexity index is 2100. The smallest absolute Gasteiger partial charge is 0.341 e. The maximum Gasteiger partial charge on any atom is 0.341 e. The van der Waals surface area contributed by atoms with Crippen LogP contribution in [0.3, 0.4) is 0 Å². The zero-order chi connectivity index (χ0) is 32.5. The molecular formula is C38H37N5O3S. The van der Waals surface area contributed by atoms with E-state index in [9.17, 15) is 9.59 Å². The zero-order valence-electron chi connectivity index (χ0n) is 26.6. The van der Waals surface area contributed by atoms with E-state index in [4.69, 9.17) is 20.4 Å². The molecule has 3 N–H and O–H groups in total. The number of para-hydroxylation sites is 2. The lowest BCUT2D eigenvalue weighted by Gasteiger charge is -2.23. The fourth-order valence-corrected chi connectivity index (χ4v) is 7.92. The van der Waals surface area contributed by atoms with Crippen LogP contribution < -0.4 is 11.1 Å². The molecule has 0 spiro atoms. The normalized spacial score (nSPS) is 14.3. The van der Waals surface area contributed by atoms with Crippen LogP contribution in [0.25, 0.3) is 27.9 Å². The summed E-state index contributed by atoms with van der Waals surface area (Å²) in [5.74, 6) is -0.300. The number of nitrogens with one attached hydrogen (secondary N) is 1. The zero-order valence-corrected chi connectivity index (χ0v) is 27.4. The molecule has 1 amide bonds. The van der Waals surface area contributed by atoms with Gasteiger partial charge >= 0.3 is 5.97 Å². The van der Waals surface area contributed by atoms with E-state index in [1.807, 2.05) is 42.5 Å². The van der Waals surface area contributed by atoms with E-state index in [1.165, 1.54) is 22.5 Å². The molecule has 6 aromatic rings. The van der Waals surface area contributed by atoms with Crippen LogP contribution in [0.1, 0.15) is 81.3 Å². The van der Waals surface area contributed by atoms with Crippen molar-refractivity contribution in [1.82, 2.24) is 14.5 Å². The van der Waals surface area contributed by atoms with Gasteiger partial charge in [0.25, 0.3) is 5.91 Å². The SMILES string of the molecule is CCCCc1ccc(-n2c(N)c(C(=O)Nc3sc4c(c3C(=O)OCC)CCC(c3ccccc3)C4)c3nc4ccccc4nc32)cc1. The number of hydrogen-bond donors (Lipinski definition) is 2. The lowest BCUT2D eigenvalue weighted by molar-refractivity contribution is 0.0526. The minimum Gasteiger partial charge on any atom is -0.462 e. The van der Waals surface area contributed by atoms with Crippen molar-refractivity contribution in [3.05, 3.63) is 112 Å². The highest BCUT2D eigenvalue weighted by molar-refractivity contribution is 7.17. The molecular weight excluding hydrogens is 607 g/mol. The number of rotatable bonds is 9. The van der Waals surface area contributed by atoms with E-state index in [2.05, 4.69) is 48.6 Å². The predicted octanol–water partition coefficient (Wildman–Crippen LogP) is 8.26. The summed E-state index contributed by atoms with van der Waals surface area (Å²) in [5, 5.41) is 3.55. The fourth-order valence-electron chi connectivity index (χ4n) is 6.61. The van der Waals surface area contributed by atoms with Crippen molar-refractivity contribution in [2.75, 3.05) is 17.7 Å². The molecule has 0 saturated heterocycles. The van der Waals surface area contributed by atoms with Crippen LogP contribution in [0.2, 0.25) is 0 Å². The molecule has 8 nitrogen and oxygen atoms in total. The highest BCUT2D eigenvalue weighted by Crippen LogP contribution is 2.43. The number of benzene rings is 3. The Kier molecular flexibility index (Phi) is 8.47. The Hall–Kier alpha value is -5.02. The fraction of sp³-hybridized carbons (Fsp3) is 0.263. The van der Waals surface area contributed by atoms with E-state index < -0.39 is 11.9 Å². The molecule has 3 aromatic carbocycles. The van der Waals surface area contributed by atoms with E-state index in [0.29, 0.717) is 38.7 Å². The topological polar surface area (TPSA) is 112 Å². The molecule has 1 unspecified atom stereocenters. The Balaban J connectivity index is 1.31. The van der Waals surface area contributed by atoms with Crippen molar-refractivity contribution in [2.45, 2.75) is 58.3 Å². The number of carbonyl (C=O) groups is 2. The number of esters is 1. The number of nitrogens with zero attached hydrogens (tertiary/aromatic N) is 3. The molecule has 0 bridgehead atoms. The summed E-state index contributed by atoms with van der Waals surface area (Å²) in [7, 11) is 0. The molecule has 0 aliphatic heterocycles. The first-order valence-electron chi connectivity index (χ1n) is 16.3. The van der Waals surface area contributed by atoms with Gasteiger partial charge in [-0.3, -0.25) is 9.36 Å². The Morgan fingerprint density at radius 3 is 2.40 bits per heavy atom. The van der Waals surface area contributed by atoms with Crippen LogP contribution >= 0.6 is 11.3 Å². The number of ether oxygens (including phenoxy) is 1. The Morgan fingerprint density at radius 1 is 0.957 bits per heavy atom. The summed E-state index contributed by atoms with van der Waals surface area (Å²) in [6.45, 7) is 4.21. The van der Waals surface area contributed by atoms with Gasteiger partial charge in [0, 0.05) is 10.6 Å². The molecule has 9 heteroatoms.